The fraction of sp³-hybridized carbons (Fsp3) is 0.588. The maximum atomic E-state index is 13.9. The predicted octanol–water partition coefficient (Wildman–Crippen LogP) is 2.56. The Morgan fingerprint density at radius 1 is 1.00 bits per heavy atom. The molecule has 5 saturated carbocycles. The van der Waals surface area contributed by atoms with E-state index in [2.05, 4.69) is 5.32 Å². The Morgan fingerprint density at radius 2 is 1.85 bits per heavy atom. The van der Waals surface area contributed by atoms with E-state index in [4.69, 9.17) is 0 Å². The van der Waals surface area contributed by atoms with Crippen molar-refractivity contribution in [2.45, 2.75) is 12.5 Å². The number of nitrogens with one attached hydrogen (secondary N) is 1. The maximum Gasteiger partial charge on any atom is 0.146 e. The Morgan fingerprint density at radius 3 is 2.70 bits per heavy atom. The summed E-state index contributed by atoms with van der Waals surface area (Å²) in [5, 5.41) is 3.48. The van der Waals surface area contributed by atoms with Crippen LogP contribution in [0.25, 0.3) is 0 Å². The summed E-state index contributed by atoms with van der Waals surface area (Å²) in [7, 11) is 0. The number of hydrogen-bond acceptors (Lipinski definition) is 2. The van der Waals surface area contributed by atoms with Crippen LogP contribution in [0.4, 0.5) is 10.1 Å². The van der Waals surface area contributed by atoms with Gasteiger partial charge in [-0.1, -0.05) is 12.1 Å². The van der Waals surface area contributed by atoms with Gasteiger partial charge in [0.1, 0.15) is 11.6 Å². The van der Waals surface area contributed by atoms with Crippen LogP contribution in [0, 0.1) is 53.2 Å². The second kappa shape index (κ2) is 2.95. The number of hydrogen-bond donors (Lipinski definition) is 1. The van der Waals surface area contributed by atoms with Crippen molar-refractivity contribution in [3.05, 3.63) is 30.1 Å². The molecule has 0 saturated heterocycles. The number of halogens is 1. The highest BCUT2D eigenvalue weighted by molar-refractivity contribution is 5.91. The van der Waals surface area contributed by atoms with Crippen molar-refractivity contribution >= 4 is 11.5 Å². The van der Waals surface area contributed by atoms with Crippen molar-refractivity contribution in [1.29, 1.82) is 0 Å². The molecule has 5 fully saturated rings. The minimum absolute atomic E-state index is 0.169. The molecule has 6 rings (SSSR count). The standard InChI is InChI=1S/C17H16FNO/c18-8-3-1-2-4-9(8)19-16-12-6-5-7-11-10(6)14(16)15(11)17(20)13(7)12/h1-4,6-7,10-16,19H,5H2. The zero-order valence-corrected chi connectivity index (χ0v) is 11.0. The van der Waals surface area contributed by atoms with E-state index in [1.807, 2.05) is 12.1 Å². The highest BCUT2D eigenvalue weighted by Gasteiger charge is 2.83. The van der Waals surface area contributed by atoms with Crippen molar-refractivity contribution in [3.8, 4) is 0 Å². The zero-order chi connectivity index (χ0) is 13.2. The van der Waals surface area contributed by atoms with Crippen molar-refractivity contribution in [2.75, 3.05) is 5.32 Å². The highest BCUT2D eigenvalue weighted by atomic mass is 19.1. The number of Topliss-reactive ketones (excluding diaryl/α,β-unsaturated/α-hetero) is 1. The van der Waals surface area contributed by atoms with Crippen LogP contribution in [0.15, 0.2) is 24.3 Å². The summed E-state index contributed by atoms with van der Waals surface area (Å²) < 4.78 is 13.9. The number of para-hydroxylation sites is 1. The molecule has 0 aromatic heterocycles. The Kier molecular flexibility index (Phi) is 1.53. The van der Waals surface area contributed by atoms with E-state index in [1.54, 1.807) is 6.07 Å². The second-order valence-electron chi connectivity index (χ2n) is 7.48. The fourth-order valence-corrected chi connectivity index (χ4v) is 7.11. The fourth-order valence-electron chi connectivity index (χ4n) is 7.11. The van der Waals surface area contributed by atoms with Gasteiger partial charge in [-0.05, 0) is 54.1 Å². The maximum absolute atomic E-state index is 13.9. The van der Waals surface area contributed by atoms with E-state index in [0.717, 1.165) is 11.8 Å². The summed E-state index contributed by atoms with van der Waals surface area (Å²) in [5.74, 6) is 4.98. The summed E-state index contributed by atoms with van der Waals surface area (Å²) in [4.78, 5) is 12.5. The Hall–Kier alpha value is -1.38. The molecular formula is C17H16FNO. The van der Waals surface area contributed by atoms with Gasteiger partial charge in [0.15, 0.2) is 0 Å². The molecule has 1 N–H and O–H groups in total. The van der Waals surface area contributed by atoms with Gasteiger partial charge in [0, 0.05) is 17.9 Å². The van der Waals surface area contributed by atoms with E-state index >= 15 is 0 Å². The van der Waals surface area contributed by atoms with E-state index in [-0.39, 0.29) is 5.82 Å². The van der Waals surface area contributed by atoms with Gasteiger partial charge >= 0.3 is 0 Å². The zero-order valence-electron chi connectivity index (χ0n) is 11.0. The molecule has 2 nitrogen and oxygen atoms in total. The van der Waals surface area contributed by atoms with Gasteiger partial charge in [-0.25, -0.2) is 4.39 Å². The van der Waals surface area contributed by atoms with Crippen molar-refractivity contribution in [1.82, 2.24) is 0 Å². The third kappa shape index (κ3) is 0.837. The first-order valence-corrected chi connectivity index (χ1v) is 7.82. The van der Waals surface area contributed by atoms with Gasteiger partial charge in [-0.2, -0.15) is 0 Å². The number of anilines is 1. The van der Waals surface area contributed by atoms with E-state index in [1.165, 1.54) is 12.5 Å². The Labute approximate surface area is 116 Å². The van der Waals surface area contributed by atoms with Gasteiger partial charge in [0.05, 0.1) is 5.69 Å². The van der Waals surface area contributed by atoms with Crippen LogP contribution in [-0.2, 0) is 4.79 Å². The van der Waals surface area contributed by atoms with Crippen LogP contribution in [0.5, 0.6) is 0 Å². The summed E-state index contributed by atoms with van der Waals surface area (Å²) >= 11 is 0. The van der Waals surface area contributed by atoms with Crippen LogP contribution in [0.2, 0.25) is 0 Å². The number of ketones is 1. The first-order chi connectivity index (χ1) is 9.77. The molecule has 1 aromatic rings. The molecular weight excluding hydrogens is 253 g/mol. The lowest BCUT2D eigenvalue weighted by molar-refractivity contribution is -0.133. The first-order valence-electron chi connectivity index (χ1n) is 7.82. The number of carbonyl (C=O) groups excluding carboxylic acids is 1. The molecule has 9 unspecified atom stereocenters. The summed E-state index contributed by atoms with van der Waals surface area (Å²) in [6.45, 7) is 0. The Balaban J connectivity index is 1.43. The van der Waals surface area contributed by atoms with Crippen LogP contribution in [-0.4, -0.2) is 11.8 Å². The highest BCUT2D eigenvalue weighted by Crippen LogP contribution is 2.81. The smallest absolute Gasteiger partial charge is 0.146 e. The molecule has 0 heterocycles. The minimum atomic E-state index is -0.169. The molecule has 0 radical (unpaired) electrons. The van der Waals surface area contributed by atoms with Gasteiger partial charge in [-0.3, -0.25) is 4.79 Å². The van der Waals surface area contributed by atoms with Gasteiger partial charge < -0.3 is 5.32 Å². The summed E-state index contributed by atoms with van der Waals surface area (Å²) in [6, 6.07) is 7.29. The van der Waals surface area contributed by atoms with Crippen LogP contribution >= 0.6 is 0 Å². The van der Waals surface area contributed by atoms with Crippen molar-refractivity contribution < 1.29 is 9.18 Å². The van der Waals surface area contributed by atoms with Gasteiger partial charge in [-0.15, -0.1) is 0 Å². The van der Waals surface area contributed by atoms with Gasteiger partial charge in [0.25, 0.3) is 0 Å². The van der Waals surface area contributed by atoms with Crippen molar-refractivity contribution in [2.24, 2.45) is 47.3 Å². The lowest BCUT2D eigenvalue weighted by Gasteiger charge is -2.46. The quantitative estimate of drug-likeness (QED) is 0.894. The number of carbonyl (C=O) groups is 1. The predicted molar refractivity (Wildman–Crippen MR) is 71.4 cm³/mol. The van der Waals surface area contributed by atoms with E-state index < -0.39 is 0 Å². The average Bonchev–Trinajstić information content (AvgIpc) is 2.93. The largest absolute Gasteiger partial charge is 0.379 e. The summed E-state index contributed by atoms with van der Waals surface area (Å²) in [6.07, 6.45) is 1.28. The monoisotopic (exact) mass is 269 g/mol. The molecule has 5 aliphatic carbocycles. The normalized spacial score (nSPS) is 55.6. The SMILES string of the molecule is O=C1C2C3CC4C2C(Nc2ccccc2F)C2C1C3C42. The summed E-state index contributed by atoms with van der Waals surface area (Å²) in [5.41, 5.74) is 0.623. The number of benzene rings is 1. The molecule has 102 valence electrons. The Bertz CT molecular complexity index is 658. The van der Waals surface area contributed by atoms with E-state index in [0.29, 0.717) is 53.0 Å². The average molecular weight is 269 g/mol. The van der Waals surface area contributed by atoms with Crippen LogP contribution < -0.4 is 5.32 Å². The topological polar surface area (TPSA) is 29.1 Å². The molecule has 5 aliphatic rings. The number of fused-ring (bicyclic) bond motifs is 2. The molecule has 20 heavy (non-hydrogen) atoms. The molecule has 9 atom stereocenters. The second-order valence-corrected chi connectivity index (χ2v) is 7.48. The molecule has 0 amide bonds. The minimum Gasteiger partial charge on any atom is -0.379 e. The third-order valence-corrected chi connectivity index (χ3v) is 7.30. The molecule has 3 heteroatoms. The van der Waals surface area contributed by atoms with Gasteiger partial charge in [0.2, 0.25) is 0 Å². The molecule has 2 bridgehead atoms. The molecule has 0 aliphatic heterocycles. The first kappa shape index (κ1) is 10.4. The number of rotatable bonds is 2. The lowest BCUT2D eigenvalue weighted by atomic mass is 9.58. The van der Waals surface area contributed by atoms with Crippen LogP contribution in [0.3, 0.4) is 0 Å². The van der Waals surface area contributed by atoms with Crippen molar-refractivity contribution in [3.63, 3.8) is 0 Å². The molecule has 1 aromatic carbocycles. The lowest BCUT2D eigenvalue weighted by Crippen LogP contribution is -2.52. The van der Waals surface area contributed by atoms with E-state index in [9.17, 15) is 9.18 Å². The third-order valence-electron chi connectivity index (χ3n) is 7.30. The van der Waals surface area contributed by atoms with Crippen LogP contribution in [0.1, 0.15) is 6.42 Å². The molecule has 0 spiro atoms.